The first-order valence-electron chi connectivity index (χ1n) is 8.07. The average molecular weight is 378 g/mol. The predicted octanol–water partition coefficient (Wildman–Crippen LogP) is 1.86. The van der Waals surface area contributed by atoms with Crippen LogP contribution in [0, 0.1) is 0 Å². The van der Waals surface area contributed by atoms with Gasteiger partial charge in [0.15, 0.2) is 6.61 Å². The normalized spacial score (nSPS) is 14.9. The maximum atomic E-state index is 12.4. The summed E-state index contributed by atoms with van der Waals surface area (Å²) in [4.78, 5) is 23.6. The van der Waals surface area contributed by atoms with Crippen LogP contribution in [0.1, 0.15) is 23.4 Å². The second-order valence-corrected chi connectivity index (χ2v) is 7.68. The van der Waals surface area contributed by atoms with Crippen molar-refractivity contribution in [2.75, 3.05) is 25.0 Å². The summed E-state index contributed by atoms with van der Waals surface area (Å²) in [5, 5.41) is 2.54. The zero-order valence-electron chi connectivity index (χ0n) is 13.9. The summed E-state index contributed by atoms with van der Waals surface area (Å²) in [7, 11) is -3.49. The monoisotopic (exact) mass is 378 g/mol. The molecule has 1 fully saturated rings. The fraction of sp³-hybridized carbons (Fsp3) is 0.294. The van der Waals surface area contributed by atoms with Gasteiger partial charge in [0, 0.05) is 18.8 Å². The molecule has 0 atom stereocenters. The van der Waals surface area contributed by atoms with Crippen molar-refractivity contribution in [3.05, 3.63) is 48.4 Å². The zero-order chi connectivity index (χ0) is 18.6. The van der Waals surface area contributed by atoms with Crippen molar-refractivity contribution in [3.63, 3.8) is 0 Å². The number of anilines is 1. The highest BCUT2D eigenvalue weighted by molar-refractivity contribution is 7.89. The summed E-state index contributed by atoms with van der Waals surface area (Å²) in [6, 6.07) is 8.84. The molecule has 0 saturated carbocycles. The third kappa shape index (κ3) is 4.12. The molecule has 1 aliphatic heterocycles. The van der Waals surface area contributed by atoms with Crippen molar-refractivity contribution < 1.29 is 27.2 Å². The average Bonchev–Trinajstić information content (AvgIpc) is 3.33. The van der Waals surface area contributed by atoms with E-state index in [1.165, 1.54) is 47.0 Å². The number of amides is 1. The standard InChI is InChI=1S/C17H18N2O6S/c20-16(12-25-17(21)15-4-3-11-24-15)18-13-5-7-14(8-6-13)26(22,23)19-9-1-2-10-19/h3-8,11H,1-2,9-10,12H2,(H,18,20). The van der Waals surface area contributed by atoms with Gasteiger partial charge in [-0.1, -0.05) is 0 Å². The van der Waals surface area contributed by atoms with Crippen molar-refractivity contribution in [1.29, 1.82) is 0 Å². The lowest BCUT2D eigenvalue weighted by Crippen LogP contribution is -2.27. The Hall–Kier alpha value is -2.65. The first kappa shape index (κ1) is 18.2. The minimum Gasteiger partial charge on any atom is -0.457 e. The highest BCUT2D eigenvalue weighted by Crippen LogP contribution is 2.22. The van der Waals surface area contributed by atoms with Gasteiger partial charge in [0.25, 0.3) is 5.91 Å². The molecule has 26 heavy (non-hydrogen) atoms. The topological polar surface area (TPSA) is 106 Å². The van der Waals surface area contributed by atoms with E-state index in [-0.39, 0.29) is 10.7 Å². The zero-order valence-corrected chi connectivity index (χ0v) is 14.7. The van der Waals surface area contributed by atoms with Gasteiger partial charge in [-0.05, 0) is 49.2 Å². The van der Waals surface area contributed by atoms with Gasteiger partial charge in [-0.25, -0.2) is 13.2 Å². The van der Waals surface area contributed by atoms with Gasteiger partial charge < -0.3 is 14.5 Å². The molecule has 0 bridgehead atoms. The maximum Gasteiger partial charge on any atom is 0.374 e. The molecule has 1 aromatic carbocycles. The third-order valence-corrected chi connectivity index (χ3v) is 5.81. The van der Waals surface area contributed by atoms with Crippen molar-refractivity contribution >= 4 is 27.6 Å². The van der Waals surface area contributed by atoms with E-state index in [0.717, 1.165) is 12.8 Å². The van der Waals surface area contributed by atoms with Gasteiger partial charge in [0.1, 0.15) is 0 Å². The van der Waals surface area contributed by atoms with E-state index in [2.05, 4.69) is 5.32 Å². The third-order valence-electron chi connectivity index (χ3n) is 3.90. The number of carbonyl (C=O) groups is 2. The Bertz CT molecular complexity index is 868. The van der Waals surface area contributed by atoms with E-state index in [1.807, 2.05) is 0 Å². The highest BCUT2D eigenvalue weighted by atomic mass is 32.2. The van der Waals surface area contributed by atoms with Crippen LogP contribution in [0.15, 0.2) is 52.0 Å². The second-order valence-electron chi connectivity index (χ2n) is 5.74. The van der Waals surface area contributed by atoms with E-state index in [4.69, 9.17) is 9.15 Å². The van der Waals surface area contributed by atoms with Crippen LogP contribution in [0.2, 0.25) is 0 Å². The molecular weight excluding hydrogens is 360 g/mol. The molecule has 9 heteroatoms. The van der Waals surface area contributed by atoms with Gasteiger partial charge in [-0.2, -0.15) is 4.31 Å². The number of nitrogens with one attached hydrogen (secondary N) is 1. The smallest absolute Gasteiger partial charge is 0.374 e. The SMILES string of the molecule is O=C(COC(=O)c1ccco1)Nc1ccc(S(=O)(=O)N2CCCC2)cc1. The van der Waals surface area contributed by atoms with Crippen molar-refractivity contribution in [3.8, 4) is 0 Å². The van der Waals surface area contributed by atoms with Crippen LogP contribution in [0.3, 0.4) is 0 Å². The molecule has 1 aliphatic rings. The molecule has 0 spiro atoms. The lowest BCUT2D eigenvalue weighted by atomic mass is 10.3. The molecule has 138 valence electrons. The van der Waals surface area contributed by atoms with E-state index in [0.29, 0.717) is 18.8 Å². The molecule has 1 amide bonds. The first-order chi connectivity index (χ1) is 12.5. The van der Waals surface area contributed by atoms with Crippen molar-refractivity contribution in [2.45, 2.75) is 17.7 Å². The minimum absolute atomic E-state index is 0.00859. The van der Waals surface area contributed by atoms with Crippen molar-refractivity contribution in [2.24, 2.45) is 0 Å². The fourth-order valence-electron chi connectivity index (χ4n) is 2.58. The molecular formula is C17H18N2O6S. The van der Waals surface area contributed by atoms with E-state index in [1.54, 1.807) is 0 Å². The van der Waals surface area contributed by atoms with Crippen LogP contribution in [0.5, 0.6) is 0 Å². The summed E-state index contributed by atoms with van der Waals surface area (Å²) >= 11 is 0. The predicted molar refractivity (Wildman–Crippen MR) is 92.1 cm³/mol. The Balaban J connectivity index is 1.55. The fourth-order valence-corrected chi connectivity index (χ4v) is 4.10. The number of esters is 1. The Morgan fingerprint density at radius 3 is 2.42 bits per heavy atom. The van der Waals surface area contributed by atoms with E-state index >= 15 is 0 Å². The van der Waals surface area contributed by atoms with Crippen LogP contribution >= 0.6 is 0 Å². The number of hydrogen-bond acceptors (Lipinski definition) is 6. The summed E-state index contributed by atoms with van der Waals surface area (Å²) in [5.41, 5.74) is 0.407. The Morgan fingerprint density at radius 1 is 1.12 bits per heavy atom. The summed E-state index contributed by atoms with van der Waals surface area (Å²) in [6.07, 6.45) is 3.06. The Morgan fingerprint density at radius 2 is 1.81 bits per heavy atom. The van der Waals surface area contributed by atoms with Crippen LogP contribution in [-0.2, 0) is 19.6 Å². The first-order valence-corrected chi connectivity index (χ1v) is 9.51. The van der Waals surface area contributed by atoms with Gasteiger partial charge in [0.2, 0.25) is 15.8 Å². The number of carbonyl (C=O) groups excluding carboxylic acids is 2. The summed E-state index contributed by atoms with van der Waals surface area (Å²) in [5.74, 6) is -1.27. The molecule has 0 aliphatic carbocycles. The molecule has 1 saturated heterocycles. The van der Waals surface area contributed by atoms with Crippen molar-refractivity contribution in [1.82, 2.24) is 4.31 Å². The van der Waals surface area contributed by atoms with Gasteiger partial charge >= 0.3 is 5.97 Å². The van der Waals surface area contributed by atoms with Crippen LogP contribution in [0.25, 0.3) is 0 Å². The number of nitrogens with zero attached hydrogens (tertiary/aromatic N) is 1. The number of furan rings is 1. The molecule has 0 radical (unpaired) electrons. The number of benzene rings is 1. The van der Waals surface area contributed by atoms with Crippen LogP contribution < -0.4 is 5.32 Å². The minimum atomic E-state index is -3.49. The number of rotatable bonds is 6. The summed E-state index contributed by atoms with van der Waals surface area (Å²) in [6.45, 7) is 0.580. The van der Waals surface area contributed by atoms with Crippen LogP contribution in [-0.4, -0.2) is 44.3 Å². The van der Waals surface area contributed by atoms with E-state index < -0.39 is 28.5 Å². The number of hydrogen-bond donors (Lipinski definition) is 1. The molecule has 0 unspecified atom stereocenters. The Labute approximate surface area is 150 Å². The van der Waals surface area contributed by atoms with Crippen LogP contribution in [0.4, 0.5) is 5.69 Å². The maximum absolute atomic E-state index is 12.4. The quantitative estimate of drug-likeness (QED) is 0.769. The molecule has 2 heterocycles. The van der Waals surface area contributed by atoms with Gasteiger partial charge in [0.05, 0.1) is 11.2 Å². The molecule has 1 aromatic heterocycles. The number of sulfonamides is 1. The Kier molecular flexibility index (Phi) is 5.38. The molecule has 2 aromatic rings. The van der Waals surface area contributed by atoms with Gasteiger partial charge in [-0.3, -0.25) is 4.79 Å². The molecule has 8 nitrogen and oxygen atoms in total. The highest BCUT2D eigenvalue weighted by Gasteiger charge is 2.26. The summed E-state index contributed by atoms with van der Waals surface area (Å²) < 4.78 is 36.0. The van der Waals surface area contributed by atoms with E-state index in [9.17, 15) is 18.0 Å². The lowest BCUT2D eigenvalue weighted by Gasteiger charge is -2.15. The lowest BCUT2D eigenvalue weighted by molar-refractivity contribution is -0.119. The van der Waals surface area contributed by atoms with Gasteiger partial charge in [-0.15, -0.1) is 0 Å². The molecule has 3 rings (SSSR count). The number of ether oxygens (including phenoxy) is 1. The largest absolute Gasteiger partial charge is 0.457 e. The molecule has 1 N–H and O–H groups in total. The second kappa shape index (κ2) is 7.71.